The quantitative estimate of drug-likeness (QED) is 0.868. The standard InChI is InChI=1S/C13H17F3OS/c1-3-9(2)18-8-12(17)10-4-6-11(7-5-10)13(14,15)16/h4-7,9,12,17H,3,8H2,1-2H3. The van der Waals surface area contributed by atoms with E-state index in [-0.39, 0.29) is 0 Å². The second-order valence-electron chi connectivity index (χ2n) is 4.19. The van der Waals surface area contributed by atoms with Crippen LogP contribution in [0.15, 0.2) is 24.3 Å². The van der Waals surface area contributed by atoms with Gasteiger partial charge in [-0.25, -0.2) is 0 Å². The van der Waals surface area contributed by atoms with Crippen molar-refractivity contribution in [1.29, 1.82) is 0 Å². The fraction of sp³-hybridized carbons (Fsp3) is 0.538. The van der Waals surface area contributed by atoms with E-state index in [0.29, 0.717) is 16.6 Å². The van der Waals surface area contributed by atoms with Crippen molar-refractivity contribution in [3.63, 3.8) is 0 Å². The molecule has 0 aliphatic carbocycles. The Labute approximate surface area is 109 Å². The molecule has 0 heterocycles. The smallest absolute Gasteiger partial charge is 0.388 e. The van der Waals surface area contributed by atoms with Gasteiger partial charge in [0.2, 0.25) is 0 Å². The van der Waals surface area contributed by atoms with Crippen LogP contribution in [0.25, 0.3) is 0 Å². The maximum Gasteiger partial charge on any atom is 0.416 e. The molecule has 1 aromatic carbocycles. The van der Waals surface area contributed by atoms with E-state index in [2.05, 4.69) is 13.8 Å². The molecule has 0 aromatic heterocycles. The Bertz CT molecular complexity index is 361. The SMILES string of the molecule is CCC(C)SCC(O)c1ccc(C(F)(F)F)cc1. The predicted molar refractivity (Wildman–Crippen MR) is 68.6 cm³/mol. The van der Waals surface area contributed by atoms with Crippen LogP contribution in [0.1, 0.15) is 37.5 Å². The molecule has 1 rings (SSSR count). The third-order valence-corrected chi connectivity index (χ3v) is 4.15. The zero-order valence-electron chi connectivity index (χ0n) is 10.4. The van der Waals surface area contributed by atoms with Crippen molar-refractivity contribution in [3.8, 4) is 0 Å². The largest absolute Gasteiger partial charge is 0.416 e. The maximum absolute atomic E-state index is 12.4. The summed E-state index contributed by atoms with van der Waals surface area (Å²) in [6, 6.07) is 4.69. The molecule has 0 aliphatic heterocycles. The van der Waals surface area contributed by atoms with E-state index in [0.717, 1.165) is 18.6 Å². The lowest BCUT2D eigenvalue weighted by atomic mass is 10.1. The van der Waals surface area contributed by atoms with Gasteiger partial charge in [-0.2, -0.15) is 24.9 Å². The van der Waals surface area contributed by atoms with E-state index in [4.69, 9.17) is 0 Å². The van der Waals surface area contributed by atoms with Crippen molar-refractivity contribution >= 4 is 11.8 Å². The van der Waals surface area contributed by atoms with Crippen LogP contribution in [0, 0.1) is 0 Å². The summed E-state index contributed by atoms with van der Waals surface area (Å²) in [5, 5.41) is 10.3. The average molecular weight is 278 g/mol. The third-order valence-electron chi connectivity index (χ3n) is 2.74. The van der Waals surface area contributed by atoms with Crippen LogP contribution in [0.2, 0.25) is 0 Å². The summed E-state index contributed by atoms with van der Waals surface area (Å²) >= 11 is 1.62. The lowest BCUT2D eigenvalue weighted by Crippen LogP contribution is -2.07. The van der Waals surface area contributed by atoms with E-state index >= 15 is 0 Å². The van der Waals surface area contributed by atoms with Crippen LogP contribution >= 0.6 is 11.8 Å². The normalized spacial score (nSPS) is 15.4. The zero-order valence-corrected chi connectivity index (χ0v) is 11.2. The average Bonchev–Trinajstić information content (AvgIpc) is 2.34. The van der Waals surface area contributed by atoms with Gasteiger partial charge in [-0.1, -0.05) is 26.0 Å². The molecule has 1 aromatic rings. The highest BCUT2D eigenvalue weighted by Gasteiger charge is 2.30. The molecule has 0 amide bonds. The first kappa shape index (κ1) is 15.4. The molecular weight excluding hydrogens is 261 g/mol. The van der Waals surface area contributed by atoms with Crippen LogP contribution < -0.4 is 0 Å². The first-order valence-corrected chi connectivity index (χ1v) is 6.86. The Balaban J connectivity index is 2.62. The summed E-state index contributed by atoms with van der Waals surface area (Å²) in [5.74, 6) is 0.500. The number of hydrogen-bond donors (Lipinski definition) is 1. The molecule has 102 valence electrons. The predicted octanol–water partition coefficient (Wildman–Crippen LogP) is 4.27. The van der Waals surface area contributed by atoms with Gasteiger partial charge in [-0.3, -0.25) is 0 Å². The minimum absolute atomic E-state index is 0.439. The van der Waals surface area contributed by atoms with Gasteiger partial charge in [0.1, 0.15) is 0 Å². The number of benzene rings is 1. The topological polar surface area (TPSA) is 20.2 Å². The molecule has 18 heavy (non-hydrogen) atoms. The number of aliphatic hydroxyl groups excluding tert-OH is 1. The van der Waals surface area contributed by atoms with Gasteiger partial charge < -0.3 is 5.11 Å². The molecule has 0 fully saturated rings. The lowest BCUT2D eigenvalue weighted by Gasteiger charge is -2.14. The Morgan fingerprint density at radius 3 is 2.22 bits per heavy atom. The number of alkyl halides is 3. The maximum atomic E-state index is 12.4. The van der Waals surface area contributed by atoms with Gasteiger partial charge in [0.15, 0.2) is 0 Å². The number of halogens is 3. The zero-order chi connectivity index (χ0) is 13.8. The molecule has 0 aliphatic rings. The second-order valence-corrected chi connectivity index (χ2v) is 5.66. The van der Waals surface area contributed by atoms with Crippen molar-refractivity contribution in [2.75, 3.05) is 5.75 Å². The van der Waals surface area contributed by atoms with Crippen molar-refractivity contribution in [2.45, 2.75) is 37.8 Å². The van der Waals surface area contributed by atoms with Crippen molar-refractivity contribution in [1.82, 2.24) is 0 Å². The number of hydrogen-bond acceptors (Lipinski definition) is 2. The molecule has 0 bridgehead atoms. The van der Waals surface area contributed by atoms with Gasteiger partial charge in [0.05, 0.1) is 11.7 Å². The molecule has 0 spiro atoms. The van der Waals surface area contributed by atoms with Crippen LogP contribution in [0.4, 0.5) is 13.2 Å². The molecule has 2 unspecified atom stereocenters. The molecule has 2 atom stereocenters. The monoisotopic (exact) mass is 278 g/mol. The summed E-state index contributed by atoms with van der Waals surface area (Å²) < 4.78 is 37.1. The van der Waals surface area contributed by atoms with Crippen LogP contribution in [0.5, 0.6) is 0 Å². The summed E-state index contributed by atoms with van der Waals surface area (Å²) in [4.78, 5) is 0. The van der Waals surface area contributed by atoms with Gasteiger partial charge in [-0.05, 0) is 24.1 Å². The van der Waals surface area contributed by atoms with E-state index in [9.17, 15) is 18.3 Å². The number of rotatable bonds is 5. The van der Waals surface area contributed by atoms with Crippen molar-refractivity contribution in [2.24, 2.45) is 0 Å². The van der Waals surface area contributed by atoms with Crippen molar-refractivity contribution in [3.05, 3.63) is 35.4 Å². The summed E-state index contributed by atoms with van der Waals surface area (Å²) in [7, 11) is 0. The fourth-order valence-electron chi connectivity index (χ4n) is 1.36. The summed E-state index contributed by atoms with van der Waals surface area (Å²) in [6.45, 7) is 4.12. The summed E-state index contributed by atoms with van der Waals surface area (Å²) in [6.07, 6.45) is -4.04. The van der Waals surface area contributed by atoms with Crippen molar-refractivity contribution < 1.29 is 18.3 Å². The second kappa shape index (κ2) is 6.48. The molecule has 0 saturated heterocycles. The van der Waals surface area contributed by atoms with Crippen LogP contribution in [-0.4, -0.2) is 16.1 Å². The third kappa shape index (κ3) is 4.53. The fourth-order valence-corrected chi connectivity index (χ4v) is 2.30. The Hall–Kier alpha value is -0.680. The summed E-state index contributed by atoms with van der Waals surface area (Å²) in [5.41, 5.74) is -0.160. The first-order chi connectivity index (χ1) is 8.34. The van der Waals surface area contributed by atoms with Gasteiger partial charge in [0.25, 0.3) is 0 Å². The molecular formula is C13H17F3OS. The van der Waals surface area contributed by atoms with E-state index < -0.39 is 17.8 Å². The highest BCUT2D eigenvalue weighted by Crippen LogP contribution is 2.30. The highest BCUT2D eigenvalue weighted by atomic mass is 32.2. The molecule has 5 heteroatoms. The van der Waals surface area contributed by atoms with Gasteiger partial charge in [-0.15, -0.1) is 0 Å². The van der Waals surface area contributed by atoms with Gasteiger partial charge in [0, 0.05) is 11.0 Å². The lowest BCUT2D eigenvalue weighted by molar-refractivity contribution is -0.137. The minimum atomic E-state index is -4.32. The van der Waals surface area contributed by atoms with Crippen LogP contribution in [-0.2, 0) is 6.18 Å². The molecule has 0 radical (unpaired) electrons. The molecule has 1 nitrogen and oxygen atoms in total. The Morgan fingerprint density at radius 1 is 1.22 bits per heavy atom. The Morgan fingerprint density at radius 2 is 1.78 bits per heavy atom. The van der Waals surface area contributed by atoms with E-state index in [1.807, 2.05) is 0 Å². The minimum Gasteiger partial charge on any atom is -0.388 e. The van der Waals surface area contributed by atoms with Gasteiger partial charge >= 0.3 is 6.18 Å². The number of aliphatic hydroxyl groups is 1. The molecule has 0 saturated carbocycles. The molecule has 1 N–H and O–H groups in total. The van der Waals surface area contributed by atoms with Crippen LogP contribution in [0.3, 0.4) is 0 Å². The number of thioether (sulfide) groups is 1. The first-order valence-electron chi connectivity index (χ1n) is 5.81. The Kier molecular flexibility index (Phi) is 5.53. The van der Waals surface area contributed by atoms with E-state index in [1.165, 1.54) is 12.1 Å². The highest BCUT2D eigenvalue weighted by molar-refractivity contribution is 7.99. The van der Waals surface area contributed by atoms with E-state index in [1.54, 1.807) is 11.8 Å².